The number of amides is 1. The van der Waals surface area contributed by atoms with Crippen LogP contribution in [0.1, 0.15) is 29.6 Å². The average Bonchev–Trinajstić information content (AvgIpc) is 2.76. The average molecular weight is 299 g/mol. The predicted molar refractivity (Wildman–Crippen MR) is 67.8 cm³/mol. The van der Waals surface area contributed by atoms with Crippen LogP contribution in [0.3, 0.4) is 0 Å². The number of hydrogen-bond donors (Lipinski definition) is 1. The van der Waals surface area contributed by atoms with Crippen molar-refractivity contribution in [1.29, 1.82) is 0 Å². The van der Waals surface area contributed by atoms with E-state index in [-0.39, 0.29) is 18.1 Å². The molecule has 1 aliphatic carbocycles. The molecule has 1 fully saturated rings. The molecule has 0 radical (unpaired) electrons. The first kappa shape index (κ1) is 12.5. The Morgan fingerprint density at radius 1 is 1.59 bits per heavy atom. The molecule has 2 atom stereocenters. The number of methoxy groups -OCH3 is 1. The number of nitrogens with one attached hydrogen (secondary N) is 1. The first-order chi connectivity index (χ1) is 8.22. The SMILES string of the molecule is COC1CCCC1NC(=O)c1cccnc1Br. The Kier molecular flexibility index (Phi) is 4.12. The summed E-state index contributed by atoms with van der Waals surface area (Å²) >= 11 is 3.28. The largest absolute Gasteiger partial charge is 0.379 e. The van der Waals surface area contributed by atoms with Crippen LogP contribution in [-0.4, -0.2) is 30.1 Å². The third-order valence-electron chi connectivity index (χ3n) is 3.08. The summed E-state index contributed by atoms with van der Waals surface area (Å²) in [6.07, 6.45) is 4.86. The van der Waals surface area contributed by atoms with E-state index in [9.17, 15) is 4.79 Å². The summed E-state index contributed by atoms with van der Waals surface area (Å²) in [5.41, 5.74) is 0.564. The van der Waals surface area contributed by atoms with Crippen molar-refractivity contribution in [2.75, 3.05) is 7.11 Å². The second-order valence-electron chi connectivity index (χ2n) is 4.13. The Balaban J connectivity index is 2.04. The normalized spacial score (nSPS) is 23.6. The Bertz CT molecular complexity index is 411. The molecule has 4 nitrogen and oxygen atoms in total. The Morgan fingerprint density at radius 2 is 2.41 bits per heavy atom. The van der Waals surface area contributed by atoms with Crippen LogP contribution in [0.2, 0.25) is 0 Å². The highest BCUT2D eigenvalue weighted by Crippen LogP contribution is 2.22. The minimum absolute atomic E-state index is 0.0982. The van der Waals surface area contributed by atoms with E-state index in [0.29, 0.717) is 10.2 Å². The summed E-state index contributed by atoms with van der Waals surface area (Å²) < 4.78 is 5.92. The fourth-order valence-corrected chi connectivity index (χ4v) is 2.61. The Labute approximate surface area is 109 Å². The number of carbonyl (C=O) groups excluding carboxylic acids is 1. The lowest BCUT2D eigenvalue weighted by atomic mass is 10.2. The van der Waals surface area contributed by atoms with Crippen molar-refractivity contribution in [3.05, 3.63) is 28.5 Å². The van der Waals surface area contributed by atoms with Crippen LogP contribution in [0.25, 0.3) is 0 Å². The van der Waals surface area contributed by atoms with E-state index in [2.05, 4.69) is 26.2 Å². The number of carbonyl (C=O) groups is 1. The number of nitrogens with zero attached hydrogens (tertiary/aromatic N) is 1. The Morgan fingerprint density at radius 3 is 3.12 bits per heavy atom. The molecular formula is C12H15BrN2O2. The van der Waals surface area contributed by atoms with Crippen molar-refractivity contribution in [2.45, 2.75) is 31.4 Å². The molecule has 5 heteroatoms. The molecule has 0 saturated heterocycles. The number of pyridine rings is 1. The van der Waals surface area contributed by atoms with Crippen LogP contribution in [0.5, 0.6) is 0 Å². The zero-order valence-electron chi connectivity index (χ0n) is 9.65. The first-order valence-corrected chi connectivity index (χ1v) is 6.46. The molecule has 1 aromatic rings. The van der Waals surface area contributed by atoms with Gasteiger partial charge in [-0.1, -0.05) is 0 Å². The van der Waals surface area contributed by atoms with Gasteiger partial charge in [0.1, 0.15) is 4.60 Å². The fraction of sp³-hybridized carbons (Fsp3) is 0.500. The molecular weight excluding hydrogens is 284 g/mol. The van der Waals surface area contributed by atoms with Crippen molar-refractivity contribution in [3.8, 4) is 0 Å². The lowest BCUT2D eigenvalue weighted by molar-refractivity contribution is 0.0721. The summed E-state index contributed by atoms with van der Waals surface area (Å²) in [6.45, 7) is 0. The van der Waals surface area contributed by atoms with Gasteiger partial charge in [-0.2, -0.15) is 0 Å². The molecule has 1 N–H and O–H groups in total. The zero-order valence-corrected chi connectivity index (χ0v) is 11.2. The highest BCUT2D eigenvalue weighted by atomic mass is 79.9. The van der Waals surface area contributed by atoms with Crippen molar-refractivity contribution in [1.82, 2.24) is 10.3 Å². The predicted octanol–water partition coefficient (Wildman–Crippen LogP) is 2.14. The summed E-state index contributed by atoms with van der Waals surface area (Å²) in [5, 5.41) is 3.00. The monoisotopic (exact) mass is 298 g/mol. The second-order valence-corrected chi connectivity index (χ2v) is 4.88. The van der Waals surface area contributed by atoms with Gasteiger partial charge in [0.05, 0.1) is 17.7 Å². The maximum absolute atomic E-state index is 12.0. The maximum Gasteiger partial charge on any atom is 0.254 e. The van der Waals surface area contributed by atoms with Gasteiger partial charge in [0.25, 0.3) is 5.91 Å². The van der Waals surface area contributed by atoms with Crippen LogP contribution in [-0.2, 0) is 4.74 Å². The van der Waals surface area contributed by atoms with Gasteiger partial charge in [0, 0.05) is 13.3 Å². The summed E-state index contributed by atoms with van der Waals surface area (Å²) in [6, 6.07) is 3.62. The lowest BCUT2D eigenvalue weighted by Gasteiger charge is -2.19. The van der Waals surface area contributed by atoms with E-state index in [4.69, 9.17) is 4.74 Å². The quantitative estimate of drug-likeness (QED) is 0.870. The molecule has 1 aromatic heterocycles. The van der Waals surface area contributed by atoms with Crippen molar-refractivity contribution < 1.29 is 9.53 Å². The topological polar surface area (TPSA) is 51.2 Å². The van der Waals surface area contributed by atoms with Gasteiger partial charge in [-0.15, -0.1) is 0 Å². The molecule has 0 aromatic carbocycles. The van der Waals surface area contributed by atoms with Gasteiger partial charge in [-0.25, -0.2) is 4.98 Å². The van der Waals surface area contributed by atoms with Crippen molar-refractivity contribution in [3.63, 3.8) is 0 Å². The standard InChI is InChI=1S/C12H15BrN2O2/c1-17-10-6-2-5-9(10)15-12(16)8-4-3-7-14-11(8)13/h3-4,7,9-10H,2,5-6H2,1H3,(H,15,16). The van der Waals surface area contributed by atoms with Crippen LogP contribution < -0.4 is 5.32 Å². The second kappa shape index (κ2) is 5.60. The summed E-state index contributed by atoms with van der Waals surface area (Å²) in [4.78, 5) is 16.1. The van der Waals surface area contributed by atoms with Gasteiger partial charge in [-0.05, 0) is 47.3 Å². The van der Waals surface area contributed by atoms with Crippen molar-refractivity contribution >= 4 is 21.8 Å². The molecule has 17 heavy (non-hydrogen) atoms. The third-order valence-corrected chi connectivity index (χ3v) is 3.71. The maximum atomic E-state index is 12.0. The number of halogens is 1. The van der Waals surface area contributed by atoms with Gasteiger partial charge in [0.2, 0.25) is 0 Å². The molecule has 1 amide bonds. The van der Waals surface area contributed by atoms with E-state index < -0.39 is 0 Å². The van der Waals surface area contributed by atoms with Crippen LogP contribution in [0.15, 0.2) is 22.9 Å². The van der Waals surface area contributed by atoms with Crippen LogP contribution >= 0.6 is 15.9 Å². The minimum Gasteiger partial charge on any atom is -0.379 e. The number of ether oxygens (including phenoxy) is 1. The van der Waals surface area contributed by atoms with Gasteiger partial charge < -0.3 is 10.1 Å². The lowest BCUT2D eigenvalue weighted by Crippen LogP contribution is -2.40. The van der Waals surface area contributed by atoms with E-state index in [1.807, 2.05) is 0 Å². The highest BCUT2D eigenvalue weighted by molar-refractivity contribution is 9.10. The molecule has 2 rings (SSSR count). The van der Waals surface area contributed by atoms with Crippen LogP contribution in [0, 0.1) is 0 Å². The van der Waals surface area contributed by atoms with Gasteiger partial charge in [0.15, 0.2) is 0 Å². The van der Waals surface area contributed by atoms with Crippen LogP contribution in [0.4, 0.5) is 0 Å². The minimum atomic E-state index is -0.0982. The Hall–Kier alpha value is -0.940. The number of rotatable bonds is 3. The smallest absolute Gasteiger partial charge is 0.254 e. The molecule has 0 aliphatic heterocycles. The summed E-state index contributed by atoms with van der Waals surface area (Å²) in [7, 11) is 1.69. The zero-order chi connectivity index (χ0) is 12.3. The van der Waals surface area contributed by atoms with E-state index in [0.717, 1.165) is 19.3 Å². The molecule has 2 unspecified atom stereocenters. The molecule has 0 bridgehead atoms. The molecule has 1 heterocycles. The highest BCUT2D eigenvalue weighted by Gasteiger charge is 2.29. The van der Waals surface area contributed by atoms with E-state index in [1.165, 1.54) is 0 Å². The fourth-order valence-electron chi connectivity index (χ4n) is 2.17. The first-order valence-electron chi connectivity index (χ1n) is 5.66. The van der Waals surface area contributed by atoms with E-state index in [1.54, 1.807) is 25.4 Å². The summed E-state index contributed by atoms with van der Waals surface area (Å²) in [5.74, 6) is -0.0982. The molecule has 1 aliphatic rings. The molecule has 92 valence electrons. The molecule has 1 saturated carbocycles. The molecule has 0 spiro atoms. The van der Waals surface area contributed by atoms with Gasteiger partial charge >= 0.3 is 0 Å². The van der Waals surface area contributed by atoms with Crippen molar-refractivity contribution in [2.24, 2.45) is 0 Å². The van der Waals surface area contributed by atoms with E-state index >= 15 is 0 Å². The number of hydrogen-bond acceptors (Lipinski definition) is 3. The third kappa shape index (κ3) is 2.84. The van der Waals surface area contributed by atoms with Gasteiger partial charge in [-0.3, -0.25) is 4.79 Å². The number of aromatic nitrogens is 1.